The SMILES string of the molecule is Cn1c(Cc2ccc(Cl)cc2)nnc1SCC(=O)Nc1ccccc1F. The first-order chi connectivity index (χ1) is 12.5. The van der Waals surface area contributed by atoms with E-state index in [4.69, 9.17) is 11.6 Å². The van der Waals surface area contributed by atoms with Crippen LogP contribution in [-0.2, 0) is 18.3 Å². The summed E-state index contributed by atoms with van der Waals surface area (Å²) in [5, 5.41) is 12.2. The smallest absolute Gasteiger partial charge is 0.234 e. The van der Waals surface area contributed by atoms with Crippen LogP contribution in [0.3, 0.4) is 0 Å². The fourth-order valence-corrected chi connectivity index (χ4v) is 3.14. The van der Waals surface area contributed by atoms with Crippen molar-refractivity contribution in [3.63, 3.8) is 0 Å². The van der Waals surface area contributed by atoms with Gasteiger partial charge < -0.3 is 9.88 Å². The number of nitrogens with zero attached hydrogens (tertiary/aromatic N) is 3. The summed E-state index contributed by atoms with van der Waals surface area (Å²) in [5.74, 6) is 0.128. The van der Waals surface area contributed by atoms with Gasteiger partial charge in [0.15, 0.2) is 5.16 Å². The molecule has 0 bridgehead atoms. The fraction of sp³-hybridized carbons (Fsp3) is 0.167. The summed E-state index contributed by atoms with van der Waals surface area (Å²) >= 11 is 7.14. The zero-order valence-corrected chi connectivity index (χ0v) is 15.5. The third-order valence-corrected chi connectivity index (χ3v) is 4.95. The Morgan fingerprint density at radius 2 is 1.92 bits per heavy atom. The summed E-state index contributed by atoms with van der Waals surface area (Å²) in [6.45, 7) is 0. The third kappa shape index (κ3) is 4.62. The number of para-hydroxylation sites is 1. The Labute approximate surface area is 159 Å². The van der Waals surface area contributed by atoms with Gasteiger partial charge in [0.25, 0.3) is 0 Å². The number of carbonyl (C=O) groups excluding carboxylic acids is 1. The van der Waals surface area contributed by atoms with Crippen LogP contribution in [0, 0.1) is 5.82 Å². The predicted octanol–water partition coefficient (Wildman–Crippen LogP) is 3.93. The van der Waals surface area contributed by atoms with Crippen molar-refractivity contribution in [1.29, 1.82) is 0 Å². The Balaban J connectivity index is 1.59. The molecule has 1 heterocycles. The predicted molar refractivity (Wildman–Crippen MR) is 101 cm³/mol. The highest BCUT2D eigenvalue weighted by Crippen LogP contribution is 2.19. The quantitative estimate of drug-likeness (QED) is 0.648. The van der Waals surface area contributed by atoms with E-state index in [1.54, 1.807) is 12.1 Å². The number of carbonyl (C=O) groups is 1. The van der Waals surface area contributed by atoms with Gasteiger partial charge in [-0.15, -0.1) is 10.2 Å². The number of thioether (sulfide) groups is 1. The van der Waals surface area contributed by atoms with Gasteiger partial charge in [-0.2, -0.15) is 0 Å². The van der Waals surface area contributed by atoms with E-state index in [1.807, 2.05) is 35.9 Å². The van der Waals surface area contributed by atoms with Crippen molar-refractivity contribution >= 4 is 35.0 Å². The van der Waals surface area contributed by atoms with Gasteiger partial charge in [0.2, 0.25) is 5.91 Å². The van der Waals surface area contributed by atoms with Crippen molar-refractivity contribution < 1.29 is 9.18 Å². The summed E-state index contributed by atoms with van der Waals surface area (Å²) < 4.78 is 15.4. The van der Waals surface area contributed by atoms with Crippen molar-refractivity contribution in [3.05, 3.63) is 70.8 Å². The van der Waals surface area contributed by atoms with Gasteiger partial charge in [0, 0.05) is 18.5 Å². The molecule has 3 rings (SSSR count). The average molecular weight is 391 g/mol. The number of halogens is 2. The molecule has 0 saturated carbocycles. The molecule has 26 heavy (non-hydrogen) atoms. The van der Waals surface area contributed by atoms with Crippen molar-refractivity contribution in [2.45, 2.75) is 11.6 Å². The molecule has 0 aliphatic rings. The molecule has 0 aliphatic heterocycles. The lowest BCUT2D eigenvalue weighted by Gasteiger charge is -2.06. The topological polar surface area (TPSA) is 59.8 Å². The molecule has 0 radical (unpaired) electrons. The lowest BCUT2D eigenvalue weighted by molar-refractivity contribution is -0.113. The molecule has 3 aromatic rings. The number of anilines is 1. The molecule has 0 saturated heterocycles. The zero-order chi connectivity index (χ0) is 18.5. The summed E-state index contributed by atoms with van der Waals surface area (Å²) in [4.78, 5) is 12.0. The van der Waals surface area contributed by atoms with Crippen LogP contribution in [0.15, 0.2) is 53.7 Å². The van der Waals surface area contributed by atoms with Crippen LogP contribution in [0.2, 0.25) is 5.02 Å². The van der Waals surface area contributed by atoms with Crippen molar-refractivity contribution in [3.8, 4) is 0 Å². The first-order valence-corrected chi connectivity index (χ1v) is 9.19. The van der Waals surface area contributed by atoms with Crippen LogP contribution in [0.5, 0.6) is 0 Å². The van der Waals surface area contributed by atoms with Crippen molar-refractivity contribution in [2.24, 2.45) is 7.05 Å². The molecule has 2 aromatic carbocycles. The highest BCUT2D eigenvalue weighted by molar-refractivity contribution is 7.99. The second-order valence-electron chi connectivity index (χ2n) is 5.58. The van der Waals surface area contributed by atoms with E-state index in [-0.39, 0.29) is 17.3 Å². The van der Waals surface area contributed by atoms with Crippen LogP contribution >= 0.6 is 23.4 Å². The number of hydrogen-bond donors (Lipinski definition) is 1. The Hall–Kier alpha value is -2.38. The average Bonchev–Trinajstić information content (AvgIpc) is 2.97. The van der Waals surface area contributed by atoms with Crippen LogP contribution in [0.1, 0.15) is 11.4 Å². The largest absolute Gasteiger partial charge is 0.323 e. The van der Waals surface area contributed by atoms with Gasteiger partial charge in [0.05, 0.1) is 11.4 Å². The second-order valence-corrected chi connectivity index (χ2v) is 6.96. The summed E-state index contributed by atoms with van der Waals surface area (Å²) in [6.07, 6.45) is 0.614. The lowest BCUT2D eigenvalue weighted by Crippen LogP contribution is -2.15. The van der Waals surface area contributed by atoms with E-state index >= 15 is 0 Å². The number of hydrogen-bond acceptors (Lipinski definition) is 4. The Bertz CT molecular complexity index is 914. The molecular formula is C18H16ClFN4OS. The Kier molecular flexibility index (Phi) is 5.90. The molecule has 134 valence electrons. The number of benzene rings is 2. The normalized spacial score (nSPS) is 10.7. The first-order valence-electron chi connectivity index (χ1n) is 7.83. The van der Waals surface area contributed by atoms with Gasteiger partial charge in [-0.05, 0) is 29.8 Å². The zero-order valence-electron chi connectivity index (χ0n) is 13.9. The molecule has 1 aromatic heterocycles. The molecule has 1 amide bonds. The molecule has 0 spiro atoms. The van der Waals surface area contributed by atoms with Crippen LogP contribution in [-0.4, -0.2) is 26.4 Å². The number of aromatic nitrogens is 3. The van der Waals surface area contributed by atoms with Crippen LogP contribution in [0.4, 0.5) is 10.1 Å². The Morgan fingerprint density at radius 1 is 1.19 bits per heavy atom. The van der Waals surface area contributed by atoms with E-state index in [9.17, 15) is 9.18 Å². The number of amides is 1. The molecule has 8 heteroatoms. The monoisotopic (exact) mass is 390 g/mol. The molecule has 1 N–H and O–H groups in total. The lowest BCUT2D eigenvalue weighted by atomic mass is 10.1. The fourth-order valence-electron chi connectivity index (χ4n) is 2.29. The summed E-state index contributed by atoms with van der Waals surface area (Å²) in [5.41, 5.74) is 1.23. The van der Waals surface area contributed by atoms with Crippen molar-refractivity contribution in [1.82, 2.24) is 14.8 Å². The highest BCUT2D eigenvalue weighted by atomic mass is 35.5. The van der Waals surface area contributed by atoms with Crippen LogP contribution < -0.4 is 5.32 Å². The standard InChI is InChI=1S/C18H16ClFN4OS/c1-24-16(10-12-6-8-13(19)9-7-12)22-23-18(24)26-11-17(25)21-15-5-3-2-4-14(15)20/h2-9H,10-11H2,1H3,(H,21,25). The minimum atomic E-state index is -0.463. The van der Waals surface area contributed by atoms with Gasteiger partial charge in [-0.3, -0.25) is 4.79 Å². The minimum Gasteiger partial charge on any atom is -0.323 e. The van der Waals surface area contributed by atoms with E-state index in [0.29, 0.717) is 16.6 Å². The molecule has 0 atom stereocenters. The van der Waals surface area contributed by atoms with Crippen LogP contribution in [0.25, 0.3) is 0 Å². The molecular weight excluding hydrogens is 375 g/mol. The van der Waals surface area contributed by atoms with E-state index in [1.165, 1.54) is 23.9 Å². The highest BCUT2D eigenvalue weighted by Gasteiger charge is 2.13. The van der Waals surface area contributed by atoms with Gasteiger partial charge in [-0.25, -0.2) is 4.39 Å². The number of nitrogens with one attached hydrogen (secondary N) is 1. The molecule has 0 fully saturated rings. The minimum absolute atomic E-state index is 0.112. The molecule has 0 aliphatic carbocycles. The summed E-state index contributed by atoms with van der Waals surface area (Å²) in [6, 6.07) is 13.6. The van der Waals surface area contributed by atoms with Gasteiger partial charge in [0.1, 0.15) is 11.6 Å². The molecule has 5 nitrogen and oxygen atoms in total. The van der Waals surface area contributed by atoms with E-state index in [2.05, 4.69) is 15.5 Å². The summed E-state index contributed by atoms with van der Waals surface area (Å²) in [7, 11) is 1.85. The third-order valence-electron chi connectivity index (χ3n) is 3.68. The Morgan fingerprint density at radius 3 is 2.65 bits per heavy atom. The maximum atomic E-state index is 13.6. The first kappa shape index (κ1) is 18.4. The number of rotatable bonds is 6. The van der Waals surface area contributed by atoms with Crippen molar-refractivity contribution in [2.75, 3.05) is 11.1 Å². The van der Waals surface area contributed by atoms with E-state index in [0.717, 1.165) is 11.4 Å². The maximum Gasteiger partial charge on any atom is 0.234 e. The second kappa shape index (κ2) is 8.33. The van der Waals surface area contributed by atoms with E-state index < -0.39 is 5.82 Å². The van der Waals surface area contributed by atoms with Gasteiger partial charge >= 0.3 is 0 Å². The maximum absolute atomic E-state index is 13.6. The van der Waals surface area contributed by atoms with Gasteiger partial charge in [-0.1, -0.05) is 47.6 Å². The molecule has 0 unspecified atom stereocenters.